The smallest absolute Gasteiger partial charge is 0.0944 e. The van der Waals surface area contributed by atoms with Gasteiger partial charge in [0.05, 0.1) is 5.01 Å². The molecule has 3 N–H and O–H groups in total. The number of rotatable bonds is 6. The van der Waals surface area contributed by atoms with Crippen molar-refractivity contribution in [3.63, 3.8) is 0 Å². The third kappa shape index (κ3) is 4.53. The quantitative estimate of drug-likeness (QED) is 0.623. The summed E-state index contributed by atoms with van der Waals surface area (Å²) in [6.07, 6.45) is 7.97. The van der Waals surface area contributed by atoms with Gasteiger partial charge in [-0.3, -0.25) is 11.3 Å². The molecule has 0 amide bonds. The van der Waals surface area contributed by atoms with E-state index in [0.717, 1.165) is 23.1 Å². The maximum absolute atomic E-state index is 5.66. The topological polar surface area (TPSA) is 50.9 Å². The third-order valence-electron chi connectivity index (χ3n) is 3.41. The summed E-state index contributed by atoms with van der Waals surface area (Å²) in [4.78, 5) is 4.51. The van der Waals surface area contributed by atoms with Gasteiger partial charge in [0.2, 0.25) is 0 Å². The minimum Gasteiger partial charge on any atom is -0.271 e. The molecule has 3 nitrogen and oxygen atoms in total. The molecule has 0 radical (unpaired) electrons. The van der Waals surface area contributed by atoms with Crippen LogP contribution in [0.3, 0.4) is 0 Å². The number of hydrogen-bond acceptors (Lipinski definition) is 5. The summed E-state index contributed by atoms with van der Waals surface area (Å²) in [5, 5.41) is 4.16. The van der Waals surface area contributed by atoms with Crippen LogP contribution in [0, 0.1) is 6.92 Å². The summed E-state index contributed by atoms with van der Waals surface area (Å²) in [5.41, 5.74) is 4.06. The van der Waals surface area contributed by atoms with E-state index in [1.54, 1.807) is 11.3 Å². The van der Waals surface area contributed by atoms with Crippen LogP contribution in [0.4, 0.5) is 0 Å². The van der Waals surface area contributed by atoms with Gasteiger partial charge in [-0.2, -0.15) is 11.8 Å². The maximum atomic E-state index is 5.66. The number of hydrogen-bond donors (Lipinski definition) is 2. The zero-order valence-electron chi connectivity index (χ0n) is 11.0. The molecular weight excluding hydrogens is 262 g/mol. The van der Waals surface area contributed by atoms with Crippen LogP contribution >= 0.6 is 23.1 Å². The summed E-state index contributed by atoms with van der Waals surface area (Å²) >= 11 is 3.83. The summed E-state index contributed by atoms with van der Waals surface area (Å²) in [6.45, 7) is 2.04. The Morgan fingerprint density at radius 2 is 2.28 bits per heavy atom. The van der Waals surface area contributed by atoms with Crippen molar-refractivity contribution < 1.29 is 0 Å². The van der Waals surface area contributed by atoms with Crippen LogP contribution in [0.1, 0.15) is 42.8 Å². The van der Waals surface area contributed by atoms with E-state index in [1.165, 1.54) is 37.1 Å². The molecule has 5 heteroatoms. The highest BCUT2D eigenvalue weighted by Crippen LogP contribution is 2.28. The predicted octanol–water partition coefficient (Wildman–Crippen LogP) is 2.89. The van der Waals surface area contributed by atoms with Gasteiger partial charge >= 0.3 is 0 Å². The maximum Gasteiger partial charge on any atom is 0.0944 e. The number of nitrogens with zero attached hydrogens (tertiary/aromatic N) is 1. The number of aryl methyl sites for hydroxylation is 1. The Morgan fingerprint density at radius 1 is 1.50 bits per heavy atom. The fourth-order valence-electron chi connectivity index (χ4n) is 2.36. The van der Waals surface area contributed by atoms with Crippen LogP contribution in [0.15, 0.2) is 5.38 Å². The fourth-order valence-corrected chi connectivity index (χ4v) is 4.60. The lowest BCUT2D eigenvalue weighted by Crippen LogP contribution is -2.39. The van der Waals surface area contributed by atoms with Crippen molar-refractivity contribution >= 4 is 23.1 Å². The standard InChI is InChI=1S/C13H23N3S2/c1-10-8-18-13(15-10)7-11(16-14)9-17-12-5-3-2-4-6-12/h8,11-12,16H,2-7,9,14H2,1H3. The van der Waals surface area contributed by atoms with Gasteiger partial charge in [-0.05, 0) is 19.8 Å². The molecule has 0 aromatic carbocycles. The van der Waals surface area contributed by atoms with E-state index in [-0.39, 0.29) is 0 Å². The van der Waals surface area contributed by atoms with Crippen molar-refractivity contribution in [2.24, 2.45) is 5.84 Å². The van der Waals surface area contributed by atoms with Crippen LogP contribution < -0.4 is 11.3 Å². The Kier molecular flexibility index (Phi) is 5.95. The number of thioether (sulfide) groups is 1. The Labute approximate surface area is 118 Å². The minimum absolute atomic E-state index is 0.350. The van der Waals surface area contributed by atoms with E-state index in [2.05, 4.69) is 27.6 Å². The van der Waals surface area contributed by atoms with E-state index < -0.39 is 0 Å². The molecular formula is C13H23N3S2. The minimum atomic E-state index is 0.350. The van der Waals surface area contributed by atoms with Crippen LogP contribution in [0.2, 0.25) is 0 Å². The van der Waals surface area contributed by atoms with Crippen molar-refractivity contribution in [1.29, 1.82) is 0 Å². The van der Waals surface area contributed by atoms with Gasteiger partial charge in [-0.1, -0.05) is 19.3 Å². The largest absolute Gasteiger partial charge is 0.271 e. The van der Waals surface area contributed by atoms with E-state index in [4.69, 9.17) is 5.84 Å². The molecule has 0 saturated heterocycles. The monoisotopic (exact) mass is 285 g/mol. The molecule has 0 bridgehead atoms. The Morgan fingerprint density at radius 3 is 2.89 bits per heavy atom. The van der Waals surface area contributed by atoms with Gasteiger partial charge in [0.25, 0.3) is 0 Å². The van der Waals surface area contributed by atoms with Gasteiger partial charge in [0, 0.05) is 34.5 Å². The van der Waals surface area contributed by atoms with E-state index in [0.29, 0.717) is 6.04 Å². The second-order valence-electron chi connectivity index (χ2n) is 5.04. The van der Waals surface area contributed by atoms with E-state index >= 15 is 0 Å². The van der Waals surface area contributed by atoms with Gasteiger partial charge < -0.3 is 0 Å². The highest BCUT2D eigenvalue weighted by atomic mass is 32.2. The Hall–Kier alpha value is -0.100. The second-order valence-corrected chi connectivity index (χ2v) is 7.32. The summed E-state index contributed by atoms with van der Waals surface area (Å²) < 4.78 is 0. The molecule has 1 fully saturated rings. The Balaban J connectivity index is 1.74. The molecule has 1 aromatic heterocycles. The first kappa shape index (κ1) is 14.3. The zero-order chi connectivity index (χ0) is 12.8. The summed E-state index contributed by atoms with van der Waals surface area (Å²) in [6, 6.07) is 0.350. The van der Waals surface area contributed by atoms with Crippen molar-refractivity contribution in [3.05, 3.63) is 16.1 Å². The first-order valence-electron chi connectivity index (χ1n) is 6.76. The lowest BCUT2D eigenvalue weighted by Gasteiger charge is -2.23. The van der Waals surface area contributed by atoms with Gasteiger partial charge in [0.1, 0.15) is 0 Å². The molecule has 1 saturated carbocycles. The number of hydrazine groups is 1. The molecule has 1 aliphatic carbocycles. The van der Waals surface area contributed by atoms with Gasteiger partial charge in [-0.25, -0.2) is 4.98 Å². The number of aromatic nitrogens is 1. The van der Waals surface area contributed by atoms with Crippen LogP contribution in [-0.4, -0.2) is 22.0 Å². The molecule has 1 heterocycles. The summed E-state index contributed by atoms with van der Waals surface area (Å²) in [7, 11) is 0. The first-order valence-corrected chi connectivity index (χ1v) is 8.69. The highest BCUT2D eigenvalue weighted by molar-refractivity contribution is 7.99. The molecule has 1 aromatic rings. The van der Waals surface area contributed by atoms with Crippen LogP contribution in [0.5, 0.6) is 0 Å². The molecule has 0 aliphatic heterocycles. The van der Waals surface area contributed by atoms with E-state index in [1.807, 2.05) is 6.92 Å². The van der Waals surface area contributed by atoms with Crippen LogP contribution in [-0.2, 0) is 6.42 Å². The summed E-state index contributed by atoms with van der Waals surface area (Å²) in [5.74, 6) is 6.75. The molecule has 1 atom stereocenters. The van der Waals surface area contributed by atoms with Crippen molar-refractivity contribution in [1.82, 2.24) is 10.4 Å². The van der Waals surface area contributed by atoms with Gasteiger partial charge in [0.15, 0.2) is 0 Å². The van der Waals surface area contributed by atoms with Crippen molar-refractivity contribution in [2.75, 3.05) is 5.75 Å². The molecule has 1 aliphatic rings. The average Bonchev–Trinajstić information content (AvgIpc) is 2.81. The lowest BCUT2D eigenvalue weighted by atomic mass is 10.0. The third-order valence-corrected chi connectivity index (χ3v) is 5.94. The molecule has 0 spiro atoms. The molecule has 1 unspecified atom stereocenters. The SMILES string of the molecule is Cc1csc(CC(CSC2CCCCC2)NN)n1. The number of nitrogens with two attached hydrogens (primary N) is 1. The zero-order valence-corrected chi connectivity index (χ0v) is 12.7. The first-order chi connectivity index (χ1) is 8.78. The molecule has 2 rings (SSSR count). The normalized spacial score (nSPS) is 19.0. The highest BCUT2D eigenvalue weighted by Gasteiger charge is 2.17. The van der Waals surface area contributed by atoms with E-state index in [9.17, 15) is 0 Å². The lowest BCUT2D eigenvalue weighted by molar-refractivity contribution is 0.513. The number of thiazole rings is 1. The average molecular weight is 285 g/mol. The predicted molar refractivity (Wildman–Crippen MR) is 81.0 cm³/mol. The molecule has 18 heavy (non-hydrogen) atoms. The number of nitrogens with one attached hydrogen (secondary N) is 1. The van der Waals surface area contributed by atoms with Crippen molar-refractivity contribution in [3.8, 4) is 0 Å². The fraction of sp³-hybridized carbons (Fsp3) is 0.769. The second kappa shape index (κ2) is 7.48. The molecule has 102 valence electrons. The van der Waals surface area contributed by atoms with Crippen molar-refractivity contribution in [2.45, 2.75) is 56.7 Å². The Bertz CT molecular complexity index is 348. The van der Waals surface area contributed by atoms with Crippen LogP contribution in [0.25, 0.3) is 0 Å². The van der Waals surface area contributed by atoms with Gasteiger partial charge in [-0.15, -0.1) is 11.3 Å².